The van der Waals surface area contributed by atoms with Crippen molar-refractivity contribution in [3.8, 4) is 11.3 Å². The van der Waals surface area contributed by atoms with E-state index in [1.54, 1.807) is 0 Å². The summed E-state index contributed by atoms with van der Waals surface area (Å²) in [5.74, 6) is 0. The minimum atomic E-state index is 0.348. The zero-order valence-electron chi connectivity index (χ0n) is 17.4. The van der Waals surface area contributed by atoms with Crippen molar-refractivity contribution in [3.05, 3.63) is 73.1 Å². The molecule has 30 heavy (non-hydrogen) atoms. The summed E-state index contributed by atoms with van der Waals surface area (Å²) in [6.07, 6.45) is 9.94. The molecule has 0 unspecified atom stereocenters. The molecule has 4 nitrogen and oxygen atoms in total. The Balaban J connectivity index is 1.24. The van der Waals surface area contributed by atoms with Crippen molar-refractivity contribution < 1.29 is 0 Å². The van der Waals surface area contributed by atoms with E-state index in [1.165, 1.54) is 56.4 Å². The molecule has 1 saturated carbocycles. The molecule has 1 aromatic heterocycles. The maximum Gasteiger partial charge on any atom is 0.0947 e. The molecule has 0 amide bonds. The molecule has 152 valence electrons. The van der Waals surface area contributed by atoms with Crippen LogP contribution < -0.4 is 4.90 Å². The smallest absolute Gasteiger partial charge is 0.0947 e. The molecule has 6 rings (SSSR count). The van der Waals surface area contributed by atoms with Crippen LogP contribution in [0.25, 0.3) is 22.2 Å². The van der Waals surface area contributed by atoms with Gasteiger partial charge in [0.2, 0.25) is 0 Å². The molecular weight excluding hydrogens is 368 g/mol. The normalized spacial score (nSPS) is 20.4. The first-order chi connectivity index (χ1) is 14.8. The van der Waals surface area contributed by atoms with E-state index in [0.717, 1.165) is 23.4 Å². The third-order valence-electron chi connectivity index (χ3n) is 7.17. The highest BCUT2D eigenvalue weighted by atomic mass is 15.4. The summed E-state index contributed by atoms with van der Waals surface area (Å²) < 4.78 is 0. The molecule has 0 bridgehead atoms. The van der Waals surface area contributed by atoms with Gasteiger partial charge in [0.15, 0.2) is 0 Å². The summed E-state index contributed by atoms with van der Waals surface area (Å²) in [7, 11) is 0. The van der Waals surface area contributed by atoms with Gasteiger partial charge in [0.25, 0.3) is 0 Å². The van der Waals surface area contributed by atoms with Gasteiger partial charge in [-0.25, -0.2) is 4.98 Å². The van der Waals surface area contributed by atoms with Gasteiger partial charge in [0, 0.05) is 35.6 Å². The van der Waals surface area contributed by atoms with Crippen LogP contribution in [0.4, 0.5) is 5.69 Å². The number of aromatic nitrogens is 1. The third-order valence-corrected chi connectivity index (χ3v) is 7.17. The molecule has 3 aliphatic rings. The van der Waals surface area contributed by atoms with E-state index < -0.39 is 0 Å². The van der Waals surface area contributed by atoms with Gasteiger partial charge >= 0.3 is 0 Å². The van der Waals surface area contributed by atoms with Crippen LogP contribution in [0.3, 0.4) is 0 Å². The average Bonchev–Trinajstić information content (AvgIpc) is 3.22. The van der Waals surface area contributed by atoms with Crippen LogP contribution in [0, 0.1) is 0 Å². The van der Waals surface area contributed by atoms with E-state index >= 15 is 0 Å². The Hall–Kier alpha value is -2.85. The maximum absolute atomic E-state index is 4.96. The fourth-order valence-corrected chi connectivity index (χ4v) is 5.03. The predicted molar refractivity (Wildman–Crippen MR) is 123 cm³/mol. The molecule has 0 radical (unpaired) electrons. The van der Waals surface area contributed by atoms with Crippen molar-refractivity contribution in [1.82, 2.24) is 14.8 Å². The molecule has 2 aliphatic heterocycles. The van der Waals surface area contributed by atoms with Gasteiger partial charge in [-0.05, 0) is 57.0 Å². The molecule has 2 fully saturated rings. The van der Waals surface area contributed by atoms with Crippen LogP contribution in [0.15, 0.2) is 73.1 Å². The molecular formula is C26H28N4. The van der Waals surface area contributed by atoms with Crippen molar-refractivity contribution in [3.63, 3.8) is 0 Å². The number of fused-ring (bicyclic) bond motifs is 1. The number of benzene rings is 2. The largest absolute Gasteiger partial charge is 0.351 e. The average molecular weight is 397 g/mol. The minimum Gasteiger partial charge on any atom is -0.351 e. The van der Waals surface area contributed by atoms with E-state index in [9.17, 15) is 0 Å². The Morgan fingerprint density at radius 1 is 0.867 bits per heavy atom. The van der Waals surface area contributed by atoms with Gasteiger partial charge in [-0.15, -0.1) is 0 Å². The maximum atomic E-state index is 4.96. The monoisotopic (exact) mass is 396 g/mol. The van der Waals surface area contributed by atoms with E-state index in [4.69, 9.17) is 4.98 Å². The molecule has 0 N–H and O–H groups in total. The van der Waals surface area contributed by atoms with Crippen LogP contribution in [-0.4, -0.2) is 46.6 Å². The summed E-state index contributed by atoms with van der Waals surface area (Å²) >= 11 is 0. The van der Waals surface area contributed by atoms with Gasteiger partial charge in [-0.2, -0.15) is 0 Å². The third kappa shape index (κ3) is 3.07. The molecule has 3 heterocycles. The minimum absolute atomic E-state index is 0.348. The van der Waals surface area contributed by atoms with Gasteiger partial charge < -0.3 is 14.7 Å². The Bertz CT molecular complexity index is 1080. The van der Waals surface area contributed by atoms with Crippen molar-refractivity contribution in [2.75, 3.05) is 31.2 Å². The molecule has 4 heteroatoms. The van der Waals surface area contributed by atoms with E-state index in [0.29, 0.717) is 5.54 Å². The molecule has 1 aliphatic carbocycles. The van der Waals surface area contributed by atoms with Gasteiger partial charge in [0.05, 0.1) is 23.4 Å². The first-order valence-corrected chi connectivity index (χ1v) is 11.2. The van der Waals surface area contributed by atoms with Crippen LogP contribution in [0.2, 0.25) is 0 Å². The Kier molecular flexibility index (Phi) is 4.27. The van der Waals surface area contributed by atoms with Gasteiger partial charge in [-0.1, -0.05) is 42.5 Å². The number of hydrogen-bond donors (Lipinski definition) is 0. The topological polar surface area (TPSA) is 22.6 Å². The van der Waals surface area contributed by atoms with E-state index in [-0.39, 0.29) is 0 Å². The second-order valence-corrected chi connectivity index (χ2v) is 9.03. The first kappa shape index (κ1) is 18.0. The summed E-state index contributed by atoms with van der Waals surface area (Å²) in [5.41, 5.74) is 4.81. The zero-order chi connectivity index (χ0) is 20.0. The first-order valence-electron chi connectivity index (χ1n) is 11.2. The molecule has 0 atom stereocenters. The molecule has 3 aromatic rings. The highest BCUT2D eigenvalue weighted by Gasteiger charge is 2.44. The second kappa shape index (κ2) is 7.13. The van der Waals surface area contributed by atoms with Crippen molar-refractivity contribution in [2.45, 2.75) is 31.2 Å². The van der Waals surface area contributed by atoms with Crippen LogP contribution >= 0.6 is 0 Å². The van der Waals surface area contributed by atoms with Gasteiger partial charge in [-0.3, -0.25) is 0 Å². The van der Waals surface area contributed by atoms with E-state index in [1.807, 2.05) is 6.07 Å². The highest BCUT2D eigenvalue weighted by molar-refractivity contribution is 5.85. The highest BCUT2D eigenvalue weighted by Crippen LogP contribution is 2.41. The summed E-state index contributed by atoms with van der Waals surface area (Å²) in [5, 5.41) is 1.19. The zero-order valence-corrected chi connectivity index (χ0v) is 17.4. The second-order valence-electron chi connectivity index (χ2n) is 9.03. The van der Waals surface area contributed by atoms with Gasteiger partial charge in [0.1, 0.15) is 0 Å². The SMILES string of the molecule is C1=CN(C2(CN3CCC3)CCC2)CN1c1ccc2ccc(-c3ccccc3)nc2c1. The fourth-order valence-electron chi connectivity index (χ4n) is 5.03. The van der Waals surface area contributed by atoms with Crippen LogP contribution in [0.5, 0.6) is 0 Å². The standard InChI is InChI=1S/C26H28N4/c1-2-6-21(7-3-1)24-11-9-22-8-10-23(18-25(22)27-24)29-16-17-30(20-29)26(12-4-13-26)19-28-14-5-15-28/h1-3,6-11,16-18H,4-5,12-15,19-20H2. The lowest BCUT2D eigenvalue weighted by molar-refractivity contribution is 0.00535. The molecule has 2 aromatic carbocycles. The lowest BCUT2D eigenvalue weighted by atomic mass is 9.74. The quantitative estimate of drug-likeness (QED) is 0.600. The predicted octanol–water partition coefficient (Wildman–Crippen LogP) is 5.08. The Morgan fingerprint density at radius 2 is 1.70 bits per heavy atom. The van der Waals surface area contributed by atoms with E-state index in [2.05, 4.69) is 81.7 Å². The number of pyridine rings is 1. The lowest BCUT2D eigenvalue weighted by Crippen LogP contribution is -2.60. The molecule has 0 spiro atoms. The fraction of sp³-hybridized carbons (Fsp3) is 0.346. The van der Waals surface area contributed by atoms with Crippen LogP contribution in [0.1, 0.15) is 25.7 Å². The number of hydrogen-bond acceptors (Lipinski definition) is 4. The Labute approximate surface area is 178 Å². The number of rotatable bonds is 5. The summed E-state index contributed by atoms with van der Waals surface area (Å²) in [4.78, 5) is 12.5. The number of nitrogens with zero attached hydrogens (tertiary/aromatic N) is 4. The molecule has 1 saturated heterocycles. The number of anilines is 1. The Morgan fingerprint density at radius 3 is 2.43 bits per heavy atom. The van der Waals surface area contributed by atoms with Crippen LogP contribution in [-0.2, 0) is 0 Å². The number of likely N-dealkylation sites (tertiary alicyclic amines) is 1. The summed E-state index contributed by atoms with van der Waals surface area (Å²) in [6.45, 7) is 4.73. The van der Waals surface area contributed by atoms with Crippen molar-refractivity contribution >= 4 is 16.6 Å². The van der Waals surface area contributed by atoms with Crippen molar-refractivity contribution in [2.24, 2.45) is 0 Å². The van der Waals surface area contributed by atoms with Crippen molar-refractivity contribution in [1.29, 1.82) is 0 Å². The summed E-state index contributed by atoms with van der Waals surface area (Å²) in [6, 6.07) is 21.4. The lowest BCUT2D eigenvalue weighted by Gasteiger charge is -2.52.